The Balaban J connectivity index is 4.50. The minimum absolute atomic E-state index is 1.37. The van der Waals surface area contributed by atoms with E-state index in [0.717, 1.165) is 0 Å². The minimum Gasteiger partial charge on any atom is -0.0654 e. The first kappa shape index (κ1) is 46.9. The molecular formula is C44H92BrP. The molecule has 280 valence electrons. The van der Waals surface area contributed by atoms with Gasteiger partial charge in [0, 0.05) is 0 Å². The van der Waals surface area contributed by atoms with Crippen molar-refractivity contribution < 1.29 is 0 Å². The molecule has 0 rings (SSSR count). The Hall–Kier alpha value is 0.910. The van der Waals surface area contributed by atoms with Gasteiger partial charge in [-0.05, 0) is 0 Å². The number of hydrogen-bond acceptors (Lipinski definition) is 0. The van der Waals surface area contributed by atoms with Gasteiger partial charge in [0.25, 0.3) is 0 Å². The maximum atomic E-state index is 4.80. The van der Waals surface area contributed by atoms with Crippen LogP contribution in [0.3, 0.4) is 0 Å². The Kier molecular flexibility index (Phi) is 36.4. The second kappa shape index (κ2) is 35.7. The van der Waals surface area contributed by atoms with Crippen molar-refractivity contribution in [1.82, 2.24) is 0 Å². The summed E-state index contributed by atoms with van der Waals surface area (Å²) in [5.74, 6) is 0. The molecule has 0 saturated carbocycles. The summed E-state index contributed by atoms with van der Waals surface area (Å²) in [5, 5.41) is -1.79. The van der Waals surface area contributed by atoms with E-state index in [9.17, 15) is 0 Å². The summed E-state index contributed by atoms with van der Waals surface area (Å²) >= 11 is 4.80. The van der Waals surface area contributed by atoms with Crippen LogP contribution in [0.2, 0.25) is 0 Å². The molecule has 0 atom stereocenters. The van der Waals surface area contributed by atoms with Gasteiger partial charge in [-0.25, -0.2) is 0 Å². The first-order chi connectivity index (χ1) is 22.5. The van der Waals surface area contributed by atoms with E-state index >= 15 is 0 Å². The summed E-state index contributed by atoms with van der Waals surface area (Å²) in [6, 6.07) is 0. The van der Waals surface area contributed by atoms with Gasteiger partial charge >= 0.3 is 252 Å². The van der Waals surface area contributed by atoms with Gasteiger partial charge in [-0.1, -0.05) is 52.4 Å². The molecule has 0 nitrogen and oxygen atoms in total. The van der Waals surface area contributed by atoms with Gasteiger partial charge < -0.3 is 0 Å². The molecule has 0 aliphatic carbocycles. The second-order valence-electron chi connectivity index (χ2n) is 16.0. The fraction of sp³-hybridized carbons (Fsp3) is 1.00. The van der Waals surface area contributed by atoms with Crippen molar-refractivity contribution >= 4 is 20.8 Å². The van der Waals surface area contributed by atoms with Crippen LogP contribution in [0.5, 0.6) is 0 Å². The van der Waals surface area contributed by atoms with Crippen LogP contribution in [0, 0.1) is 0 Å². The average Bonchev–Trinajstić information content (AvgIpc) is 3.06. The van der Waals surface area contributed by atoms with Gasteiger partial charge in [-0.15, -0.1) is 0 Å². The second-order valence-corrected chi connectivity index (χ2v) is 27.5. The third-order valence-corrected chi connectivity index (χ3v) is 21.3. The Morgan fingerprint density at radius 1 is 0.217 bits per heavy atom. The van der Waals surface area contributed by atoms with E-state index in [4.69, 9.17) is 15.5 Å². The first-order valence-corrected chi connectivity index (χ1v) is 27.3. The van der Waals surface area contributed by atoms with Crippen molar-refractivity contribution in [2.24, 2.45) is 0 Å². The molecule has 0 aromatic carbocycles. The van der Waals surface area contributed by atoms with Gasteiger partial charge in [0.15, 0.2) is 0 Å². The fourth-order valence-electron chi connectivity index (χ4n) is 7.94. The van der Waals surface area contributed by atoms with Crippen LogP contribution in [0.4, 0.5) is 0 Å². The summed E-state index contributed by atoms with van der Waals surface area (Å²) in [6.07, 6.45) is 59.0. The van der Waals surface area contributed by atoms with Crippen LogP contribution in [0.15, 0.2) is 0 Å². The molecule has 46 heavy (non-hydrogen) atoms. The molecular weight excluding hydrogens is 639 g/mol. The van der Waals surface area contributed by atoms with E-state index < -0.39 is 5.31 Å². The summed E-state index contributed by atoms with van der Waals surface area (Å²) in [5.41, 5.74) is 0. The maximum absolute atomic E-state index is 4.80. The van der Waals surface area contributed by atoms with Gasteiger partial charge in [0.1, 0.15) is 0 Å². The van der Waals surface area contributed by atoms with Crippen molar-refractivity contribution in [3.8, 4) is 0 Å². The van der Waals surface area contributed by atoms with E-state index in [2.05, 4.69) is 27.7 Å². The number of hydrogen-bond donors (Lipinski definition) is 0. The predicted molar refractivity (Wildman–Crippen MR) is 224 cm³/mol. The topological polar surface area (TPSA) is 0 Å². The molecule has 0 saturated heterocycles. The zero-order valence-electron chi connectivity index (χ0n) is 33.1. The first-order valence-electron chi connectivity index (χ1n) is 22.3. The molecule has 0 aliphatic rings. The van der Waals surface area contributed by atoms with Gasteiger partial charge in [0.05, 0.1) is 0 Å². The molecule has 0 amide bonds. The van der Waals surface area contributed by atoms with Gasteiger partial charge in [-0.2, -0.15) is 0 Å². The molecule has 0 aromatic rings. The van der Waals surface area contributed by atoms with Crippen molar-refractivity contribution in [3.63, 3.8) is 0 Å². The van der Waals surface area contributed by atoms with Crippen LogP contribution in [-0.4, -0.2) is 24.6 Å². The smallest absolute Gasteiger partial charge is 0.0654 e. The summed E-state index contributed by atoms with van der Waals surface area (Å²) < 4.78 is 0. The van der Waals surface area contributed by atoms with E-state index in [1.54, 1.807) is 24.6 Å². The SMILES string of the molecule is CCCCCCCCCCCCCCCCP(Br)(CCCCCC)(CCCCCC)CCCCCCCCCCCCCCCC. The Morgan fingerprint density at radius 3 is 0.522 bits per heavy atom. The predicted octanol–water partition coefficient (Wildman–Crippen LogP) is 18.0. The Morgan fingerprint density at radius 2 is 0.348 bits per heavy atom. The summed E-state index contributed by atoms with van der Waals surface area (Å²) in [6.45, 7) is 9.39. The zero-order chi connectivity index (χ0) is 33.7. The molecule has 0 N–H and O–H groups in total. The molecule has 0 aromatic heterocycles. The normalized spacial score (nSPS) is 12.9. The fourth-order valence-corrected chi connectivity index (χ4v) is 16.3. The van der Waals surface area contributed by atoms with Crippen molar-refractivity contribution in [2.75, 3.05) is 24.6 Å². The molecule has 0 aliphatic heterocycles. The van der Waals surface area contributed by atoms with E-state index in [0.29, 0.717) is 0 Å². The quantitative estimate of drug-likeness (QED) is 0.0435. The van der Waals surface area contributed by atoms with E-state index in [-0.39, 0.29) is 0 Å². The molecule has 0 heterocycles. The third-order valence-electron chi connectivity index (χ3n) is 11.3. The van der Waals surface area contributed by atoms with Crippen LogP contribution >= 0.6 is 20.8 Å². The Labute approximate surface area is 303 Å². The third kappa shape index (κ3) is 30.9. The van der Waals surface area contributed by atoms with Gasteiger partial charge in [0.2, 0.25) is 0 Å². The molecule has 0 radical (unpaired) electrons. The minimum atomic E-state index is -1.79. The van der Waals surface area contributed by atoms with Gasteiger partial charge in [-0.3, -0.25) is 0 Å². The molecule has 0 unspecified atom stereocenters. The van der Waals surface area contributed by atoms with Crippen LogP contribution in [0.25, 0.3) is 0 Å². The summed E-state index contributed by atoms with van der Waals surface area (Å²) in [7, 11) is 0. The number of halogens is 1. The van der Waals surface area contributed by atoms with E-state index in [1.807, 2.05) is 0 Å². The van der Waals surface area contributed by atoms with Crippen molar-refractivity contribution in [3.05, 3.63) is 0 Å². The van der Waals surface area contributed by atoms with Crippen LogP contribution in [-0.2, 0) is 0 Å². The monoisotopic (exact) mass is 731 g/mol. The Bertz CT molecular complexity index is 526. The van der Waals surface area contributed by atoms with Crippen molar-refractivity contribution in [2.45, 2.75) is 259 Å². The number of unbranched alkanes of at least 4 members (excludes halogenated alkanes) is 32. The number of rotatable bonds is 40. The van der Waals surface area contributed by atoms with E-state index in [1.165, 1.54) is 231 Å². The molecule has 2 heteroatoms. The molecule has 0 fully saturated rings. The summed E-state index contributed by atoms with van der Waals surface area (Å²) in [4.78, 5) is 0. The zero-order valence-corrected chi connectivity index (χ0v) is 35.6. The molecule has 0 bridgehead atoms. The van der Waals surface area contributed by atoms with Crippen molar-refractivity contribution in [1.29, 1.82) is 0 Å². The van der Waals surface area contributed by atoms with Crippen LogP contribution in [0.1, 0.15) is 259 Å². The average molecular weight is 732 g/mol. The van der Waals surface area contributed by atoms with Crippen LogP contribution < -0.4 is 0 Å². The standard InChI is InChI=1S/C44H92BrP/c1-5-9-13-17-19-21-23-25-27-29-31-33-35-39-43-46(45,41-37-15-11-7-3,42-38-16-12-8-4)44-40-36-34-32-30-28-26-24-22-20-18-14-10-6-2/h5-44H2,1-4H3. The molecule has 0 spiro atoms.